The summed E-state index contributed by atoms with van der Waals surface area (Å²) < 4.78 is 7.66. The van der Waals surface area contributed by atoms with Crippen LogP contribution in [0.2, 0.25) is 0 Å². The summed E-state index contributed by atoms with van der Waals surface area (Å²) in [5.41, 5.74) is 1.28. The van der Waals surface area contributed by atoms with Gasteiger partial charge in [0.2, 0.25) is 0 Å². The third-order valence-corrected chi connectivity index (χ3v) is 4.86. The maximum atomic E-state index is 5.50. The molecule has 1 aromatic heterocycles. The number of guanidine groups is 1. The van der Waals surface area contributed by atoms with Crippen molar-refractivity contribution in [3.05, 3.63) is 24.0 Å². The quantitative estimate of drug-likeness (QED) is 0.372. The Morgan fingerprint density at radius 2 is 2.04 bits per heavy atom. The molecule has 1 N–H and O–H groups in total. The molecule has 2 heterocycles. The summed E-state index contributed by atoms with van der Waals surface area (Å²) in [5.74, 6) is 1.55. The van der Waals surface area contributed by atoms with Crippen LogP contribution in [0.4, 0.5) is 0 Å². The van der Waals surface area contributed by atoms with E-state index in [2.05, 4.69) is 72.9 Å². The fourth-order valence-corrected chi connectivity index (χ4v) is 3.29. The average molecular weight is 477 g/mol. The van der Waals surface area contributed by atoms with Gasteiger partial charge >= 0.3 is 0 Å². The SMILES string of the molecule is CCNC(=NCC(C(C)C)N1CCOCC1)N(C)Cc1cccn1C.I. The number of hydrogen-bond acceptors (Lipinski definition) is 3. The van der Waals surface area contributed by atoms with E-state index in [1.165, 1.54) is 5.69 Å². The molecule has 0 amide bonds. The first-order valence-corrected chi connectivity index (χ1v) is 9.44. The molecule has 1 atom stereocenters. The Kier molecular flexibility index (Phi) is 10.6. The third-order valence-electron chi connectivity index (χ3n) is 4.86. The van der Waals surface area contributed by atoms with Crippen LogP contribution in [-0.4, -0.2) is 72.8 Å². The highest BCUT2D eigenvalue weighted by atomic mass is 127. The van der Waals surface area contributed by atoms with Crippen molar-refractivity contribution in [2.75, 3.05) is 46.4 Å². The summed E-state index contributed by atoms with van der Waals surface area (Å²) in [6.07, 6.45) is 2.08. The highest BCUT2D eigenvalue weighted by Crippen LogP contribution is 2.14. The molecule has 1 aliphatic heterocycles. The molecule has 0 saturated carbocycles. The van der Waals surface area contributed by atoms with Crippen molar-refractivity contribution >= 4 is 29.9 Å². The second-order valence-electron chi connectivity index (χ2n) is 7.12. The molecule has 1 fully saturated rings. The molecular weight excluding hydrogens is 441 g/mol. The van der Waals surface area contributed by atoms with E-state index < -0.39 is 0 Å². The number of morpholine rings is 1. The first-order valence-electron chi connectivity index (χ1n) is 9.44. The Hall–Kier alpha value is -0.800. The molecule has 0 aliphatic carbocycles. The number of aromatic nitrogens is 1. The molecule has 1 unspecified atom stereocenters. The molecule has 150 valence electrons. The monoisotopic (exact) mass is 477 g/mol. The lowest BCUT2D eigenvalue weighted by atomic mass is 10.0. The van der Waals surface area contributed by atoms with Gasteiger partial charge in [0.15, 0.2) is 5.96 Å². The van der Waals surface area contributed by atoms with Crippen LogP contribution in [0, 0.1) is 5.92 Å². The third kappa shape index (κ3) is 6.74. The van der Waals surface area contributed by atoms with E-state index in [4.69, 9.17) is 9.73 Å². The van der Waals surface area contributed by atoms with Crippen LogP contribution < -0.4 is 5.32 Å². The first-order chi connectivity index (χ1) is 12.0. The Labute approximate surface area is 176 Å². The van der Waals surface area contributed by atoms with Crippen LogP contribution in [0.25, 0.3) is 0 Å². The van der Waals surface area contributed by atoms with Gasteiger partial charge in [-0.2, -0.15) is 0 Å². The van der Waals surface area contributed by atoms with Crippen molar-refractivity contribution < 1.29 is 4.74 Å². The van der Waals surface area contributed by atoms with E-state index in [1.807, 2.05) is 0 Å². The zero-order chi connectivity index (χ0) is 18.2. The Morgan fingerprint density at radius 3 is 2.58 bits per heavy atom. The average Bonchev–Trinajstić information content (AvgIpc) is 2.99. The number of nitrogens with one attached hydrogen (secondary N) is 1. The van der Waals surface area contributed by atoms with E-state index in [0.29, 0.717) is 12.0 Å². The minimum absolute atomic E-state index is 0. The number of ether oxygens (including phenoxy) is 1. The summed E-state index contributed by atoms with van der Waals surface area (Å²) in [5, 5.41) is 3.43. The standard InChI is InChI=1S/C19H35N5O.HI/c1-6-20-19(23(5)15-17-8-7-9-22(17)4)21-14-18(16(2)3)24-10-12-25-13-11-24;/h7-9,16,18H,6,10-15H2,1-5H3,(H,20,21);1H. The van der Waals surface area contributed by atoms with Gasteiger partial charge in [0.1, 0.15) is 0 Å². The van der Waals surface area contributed by atoms with Crippen LogP contribution >= 0.6 is 24.0 Å². The Balaban J connectivity index is 0.00000338. The molecule has 1 aliphatic rings. The molecular formula is C19H36IN5O. The fraction of sp³-hybridized carbons (Fsp3) is 0.737. The maximum absolute atomic E-state index is 5.50. The molecule has 2 rings (SSSR count). The Bertz CT molecular complexity index is 540. The second kappa shape index (κ2) is 11.8. The number of nitrogens with zero attached hydrogens (tertiary/aromatic N) is 4. The fourth-order valence-electron chi connectivity index (χ4n) is 3.29. The molecule has 1 aromatic rings. The maximum Gasteiger partial charge on any atom is 0.194 e. The molecule has 26 heavy (non-hydrogen) atoms. The van der Waals surface area contributed by atoms with Crippen LogP contribution in [0.15, 0.2) is 23.3 Å². The number of aliphatic imine (C=N–C) groups is 1. The van der Waals surface area contributed by atoms with E-state index in [1.54, 1.807) is 0 Å². The van der Waals surface area contributed by atoms with Gasteiger partial charge in [-0.25, -0.2) is 0 Å². The molecule has 1 saturated heterocycles. The van der Waals surface area contributed by atoms with Gasteiger partial charge in [0.05, 0.1) is 26.3 Å². The van der Waals surface area contributed by atoms with Gasteiger partial charge in [0, 0.05) is 51.7 Å². The van der Waals surface area contributed by atoms with Gasteiger partial charge in [-0.05, 0) is 25.0 Å². The predicted molar refractivity (Wildman–Crippen MR) is 119 cm³/mol. The van der Waals surface area contributed by atoms with Gasteiger partial charge in [-0.1, -0.05) is 13.8 Å². The second-order valence-corrected chi connectivity index (χ2v) is 7.12. The molecule has 6 nitrogen and oxygen atoms in total. The normalized spacial score (nSPS) is 17.1. The van der Waals surface area contributed by atoms with E-state index in [-0.39, 0.29) is 24.0 Å². The number of hydrogen-bond donors (Lipinski definition) is 1. The minimum atomic E-state index is 0. The smallest absolute Gasteiger partial charge is 0.194 e. The lowest BCUT2D eigenvalue weighted by Crippen LogP contribution is -2.48. The summed E-state index contributed by atoms with van der Waals surface area (Å²) in [6, 6.07) is 4.70. The van der Waals surface area contributed by atoms with Crippen LogP contribution in [0.1, 0.15) is 26.5 Å². The van der Waals surface area contributed by atoms with Crippen molar-refractivity contribution in [3.63, 3.8) is 0 Å². The number of halogens is 1. The van der Waals surface area contributed by atoms with Crippen molar-refractivity contribution in [1.82, 2.24) is 19.7 Å². The highest BCUT2D eigenvalue weighted by molar-refractivity contribution is 14.0. The molecule has 0 radical (unpaired) electrons. The zero-order valence-corrected chi connectivity index (χ0v) is 19.3. The van der Waals surface area contributed by atoms with E-state index in [9.17, 15) is 0 Å². The summed E-state index contributed by atoms with van der Waals surface area (Å²) in [4.78, 5) is 9.69. The summed E-state index contributed by atoms with van der Waals surface area (Å²) in [6.45, 7) is 12.9. The molecule has 0 aromatic carbocycles. The van der Waals surface area contributed by atoms with Crippen molar-refractivity contribution in [2.24, 2.45) is 18.0 Å². The first kappa shape index (κ1) is 23.2. The number of rotatable bonds is 7. The minimum Gasteiger partial charge on any atom is -0.379 e. The predicted octanol–water partition coefficient (Wildman–Crippen LogP) is 2.40. The molecule has 0 bridgehead atoms. The largest absolute Gasteiger partial charge is 0.379 e. The molecule has 7 heteroatoms. The van der Waals surface area contributed by atoms with Crippen LogP contribution in [0.3, 0.4) is 0 Å². The number of aryl methyl sites for hydroxylation is 1. The molecule has 0 spiro atoms. The Morgan fingerprint density at radius 1 is 1.35 bits per heavy atom. The van der Waals surface area contributed by atoms with Gasteiger partial charge in [-0.15, -0.1) is 24.0 Å². The topological polar surface area (TPSA) is 45.0 Å². The highest BCUT2D eigenvalue weighted by Gasteiger charge is 2.23. The summed E-state index contributed by atoms with van der Waals surface area (Å²) in [7, 11) is 4.19. The lowest BCUT2D eigenvalue weighted by Gasteiger charge is -2.36. The van der Waals surface area contributed by atoms with Gasteiger partial charge in [0.25, 0.3) is 0 Å². The lowest BCUT2D eigenvalue weighted by molar-refractivity contribution is 0.00863. The van der Waals surface area contributed by atoms with Crippen molar-refractivity contribution in [2.45, 2.75) is 33.4 Å². The van der Waals surface area contributed by atoms with Gasteiger partial charge < -0.3 is 19.5 Å². The summed E-state index contributed by atoms with van der Waals surface area (Å²) >= 11 is 0. The van der Waals surface area contributed by atoms with Crippen molar-refractivity contribution in [3.8, 4) is 0 Å². The van der Waals surface area contributed by atoms with Crippen LogP contribution in [-0.2, 0) is 18.3 Å². The van der Waals surface area contributed by atoms with E-state index in [0.717, 1.165) is 51.9 Å². The van der Waals surface area contributed by atoms with Gasteiger partial charge in [-0.3, -0.25) is 9.89 Å². The van der Waals surface area contributed by atoms with E-state index >= 15 is 0 Å². The van der Waals surface area contributed by atoms with Crippen LogP contribution in [0.5, 0.6) is 0 Å². The van der Waals surface area contributed by atoms with Crippen molar-refractivity contribution in [1.29, 1.82) is 0 Å². The zero-order valence-electron chi connectivity index (χ0n) is 16.9.